The summed E-state index contributed by atoms with van der Waals surface area (Å²) < 4.78 is 0. The van der Waals surface area contributed by atoms with Crippen molar-refractivity contribution in [3.8, 4) is 0 Å². The second-order valence-electron chi connectivity index (χ2n) is 5.76. The summed E-state index contributed by atoms with van der Waals surface area (Å²) in [5, 5.41) is 2.86. The van der Waals surface area contributed by atoms with Gasteiger partial charge in [0.2, 0.25) is 11.8 Å². The van der Waals surface area contributed by atoms with Gasteiger partial charge in [0.05, 0.1) is 0 Å². The van der Waals surface area contributed by atoms with Gasteiger partial charge >= 0.3 is 0 Å². The Morgan fingerprint density at radius 2 is 2.00 bits per heavy atom. The molecule has 2 atom stereocenters. The molecule has 3 N–H and O–H groups in total. The van der Waals surface area contributed by atoms with E-state index in [0.29, 0.717) is 25.3 Å². The van der Waals surface area contributed by atoms with Gasteiger partial charge in [0.15, 0.2) is 0 Å². The Kier molecular flexibility index (Phi) is 7.34. The summed E-state index contributed by atoms with van der Waals surface area (Å²) >= 11 is 0. The lowest BCUT2D eigenvalue weighted by Gasteiger charge is -2.26. The number of hydrogen-bond donors (Lipinski definition) is 2. The van der Waals surface area contributed by atoms with E-state index >= 15 is 0 Å². The Morgan fingerprint density at radius 3 is 2.50 bits per heavy atom. The SMILES string of the molecule is C=CCC[C@H](C(N)=O)C(CC1CCCC1)C(=O)NCC. The minimum atomic E-state index is -0.375. The molecular weight excluding hydrogens is 252 g/mol. The number of nitrogens with two attached hydrogens (primary N) is 1. The van der Waals surface area contributed by atoms with Crippen molar-refractivity contribution in [3.05, 3.63) is 12.7 Å². The predicted molar refractivity (Wildman–Crippen MR) is 80.9 cm³/mol. The molecule has 1 aliphatic rings. The van der Waals surface area contributed by atoms with E-state index in [-0.39, 0.29) is 23.7 Å². The molecule has 4 nitrogen and oxygen atoms in total. The fourth-order valence-corrected chi connectivity index (χ4v) is 3.20. The zero-order chi connectivity index (χ0) is 15.0. The minimum Gasteiger partial charge on any atom is -0.369 e. The number of hydrogen-bond acceptors (Lipinski definition) is 2. The Hall–Kier alpha value is -1.32. The average molecular weight is 280 g/mol. The van der Waals surface area contributed by atoms with Crippen LogP contribution < -0.4 is 11.1 Å². The maximum Gasteiger partial charge on any atom is 0.223 e. The van der Waals surface area contributed by atoms with Crippen molar-refractivity contribution in [3.63, 3.8) is 0 Å². The molecule has 0 spiro atoms. The molecule has 1 fully saturated rings. The smallest absolute Gasteiger partial charge is 0.223 e. The predicted octanol–water partition coefficient (Wildman–Crippen LogP) is 2.39. The lowest BCUT2D eigenvalue weighted by atomic mass is 9.80. The van der Waals surface area contributed by atoms with Crippen LogP contribution in [-0.2, 0) is 9.59 Å². The summed E-state index contributed by atoms with van der Waals surface area (Å²) in [6.45, 7) is 6.17. The van der Waals surface area contributed by atoms with Crippen LogP contribution in [-0.4, -0.2) is 18.4 Å². The minimum absolute atomic E-state index is 0.0211. The molecule has 1 aliphatic carbocycles. The number of carbonyl (C=O) groups is 2. The van der Waals surface area contributed by atoms with Crippen molar-refractivity contribution in [2.24, 2.45) is 23.5 Å². The normalized spacial score (nSPS) is 18.4. The van der Waals surface area contributed by atoms with E-state index in [1.807, 2.05) is 6.92 Å². The van der Waals surface area contributed by atoms with Gasteiger partial charge in [-0.15, -0.1) is 6.58 Å². The standard InChI is InChI=1S/C16H28N2O2/c1-3-5-10-13(15(17)19)14(16(20)18-4-2)11-12-8-6-7-9-12/h3,12-14H,1,4-11H2,2H3,(H2,17,19)(H,18,20)/t13-,14?/m0/s1. The maximum atomic E-state index is 12.3. The van der Waals surface area contributed by atoms with Crippen molar-refractivity contribution < 1.29 is 9.59 Å². The summed E-state index contributed by atoms with van der Waals surface area (Å²) in [4.78, 5) is 24.0. The van der Waals surface area contributed by atoms with Gasteiger partial charge in [-0.25, -0.2) is 0 Å². The molecule has 0 heterocycles. The highest BCUT2D eigenvalue weighted by Gasteiger charge is 2.34. The first kappa shape index (κ1) is 16.7. The molecule has 1 unspecified atom stereocenters. The first-order chi connectivity index (χ1) is 9.60. The molecule has 0 bridgehead atoms. The summed E-state index contributed by atoms with van der Waals surface area (Å²) in [6, 6.07) is 0. The fraction of sp³-hybridized carbons (Fsp3) is 0.750. The highest BCUT2D eigenvalue weighted by atomic mass is 16.2. The summed E-state index contributed by atoms with van der Waals surface area (Å²) in [5.41, 5.74) is 5.53. The van der Waals surface area contributed by atoms with Crippen LogP contribution in [0.1, 0.15) is 51.9 Å². The summed E-state index contributed by atoms with van der Waals surface area (Å²) in [7, 11) is 0. The second kappa shape index (κ2) is 8.77. The molecule has 2 amide bonds. The topological polar surface area (TPSA) is 72.2 Å². The molecule has 1 rings (SSSR count). The Bertz CT molecular complexity index is 335. The van der Waals surface area contributed by atoms with Crippen LogP contribution >= 0.6 is 0 Å². The van der Waals surface area contributed by atoms with Crippen molar-refractivity contribution in [2.45, 2.75) is 51.9 Å². The van der Waals surface area contributed by atoms with E-state index < -0.39 is 0 Å². The van der Waals surface area contributed by atoms with Crippen LogP contribution in [0.25, 0.3) is 0 Å². The fourth-order valence-electron chi connectivity index (χ4n) is 3.20. The van der Waals surface area contributed by atoms with Gasteiger partial charge < -0.3 is 11.1 Å². The van der Waals surface area contributed by atoms with Crippen LogP contribution in [0, 0.1) is 17.8 Å². The van der Waals surface area contributed by atoms with Crippen molar-refractivity contribution in [1.29, 1.82) is 0 Å². The molecule has 20 heavy (non-hydrogen) atoms. The van der Waals surface area contributed by atoms with Gasteiger partial charge in [0.25, 0.3) is 0 Å². The molecule has 0 aromatic carbocycles. The van der Waals surface area contributed by atoms with Crippen molar-refractivity contribution >= 4 is 11.8 Å². The van der Waals surface area contributed by atoms with Crippen LogP contribution in [0.3, 0.4) is 0 Å². The zero-order valence-electron chi connectivity index (χ0n) is 12.6. The van der Waals surface area contributed by atoms with Crippen molar-refractivity contribution in [2.75, 3.05) is 6.54 Å². The highest BCUT2D eigenvalue weighted by Crippen LogP contribution is 2.34. The molecule has 4 heteroatoms. The van der Waals surface area contributed by atoms with Gasteiger partial charge in [-0.1, -0.05) is 31.8 Å². The highest BCUT2D eigenvalue weighted by molar-refractivity contribution is 5.86. The van der Waals surface area contributed by atoms with Gasteiger partial charge in [-0.3, -0.25) is 9.59 Å². The van der Waals surface area contributed by atoms with E-state index in [9.17, 15) is 9.59 Å². The molecule has 114 valence electrons. The van der Waals surface area contributed by atoms with Gasteiger partial charge in [-0.2, -0.15) is 0 Å². The Balaban J connectivity index is 2.77. The molecule has 0 radical (unpaired) electrons. The van der Waals surface area contributed by atoms with Gasteiger partial charge in [0, 0.05) is 18.4 Å². The van der Waals surface area contributed by atoms with Crippen LogP contribution in [0.2, 0.25) is 0 Å². The summed E-state index contributed by atoms with van der Waals surface area (Å²) in [5.74, 6) is -0.475. The first-order valence-corrected chi connectivity index (χ1v) is 7.78. The van der Waals surface area contributed by atoms with Crippen molar-refractivity contribution in [1.82, 2.24) is 5.32 Å². The molecular formula is C16H28N2O2. The quantitative estimate of drug-likeness (QED) is 0.636. The zero-order valence-corrected chi connectivity index (χ0v) is 12.6. The van der Waals surface area contributed by atoms with E-state index in [1.54, 1.807) is 6.08 Å². The number of rotatable bonds is 9. The third kappa shape index (κ3) is 4.99. The van der Waals surface area contributed by atoms with E-state index in [1.165, 1.54) is 25.7 Å². The Morgan fingerprint density at radius 1 is 1.35 bits per heavy atom. The lowest BCUT2D eigenvalue weighted by molar-refractivity contribution is -0.134. The van der Waals surface area contributed by atoms with Gasteiger partial charge in [-0.05, 0) is 32.1 Å². The number of allylic oxidation sites excluding steroid dienone is 1. The molecule has 0 saturated heterocycles. The van der Waals surface area contributed by atoms with Crippen LogP contribution in [0.5, 0.6) is 0 Å². The van der Waals surface area contributed by atoms with Crippen LogP contribution in [0.15, 0.2) is 12.7 Å². The van der Waals surface area contributed by atoms with E-state index in [2.05, 4.69) is 11.9 Å². The maximum absolute atomic E-state index is 12.3. The molecule has 0 aromatic heterocycles. The van der Waals surface area contributed by atoms with E-state index in [0.717, 1.165) is 6.42 Å². The number of carbonyl (C=O) groups excluding carboxylic acids is 2. The third-order valence-electron chi connectivity index (χ3n) is 4.28. The van der Waals surface area contributed by atoms with E-state index in [4.69, 9.17) is 5.73 Å². The lowest BCUT2D eigenvalue weighted by Crippen LogP contribution is -2.41. The summed E-state index contributed by atoms with van der Waals surface area (Å²) in [6.07, 6.45) is 8.71. The van der Waals surface area contributed by atoms with Gasteiger partial charge in [0.1, 0.15) is 0 Å². The largest absolute Gasteiger partial charge is 0.369 e. The second-order valence-corrected chi connectivity index (χ2v) is 5.76. The molecule has 0 aliphatic heterocycles. The molecule has 0 aromatic rings. The first-order valence-electron chi connectivity index (χ1n) is 7.78. The molecule has 1 saturated carbocycles. The Labute approximate surface area is 122 Å². The average Bonchev–Trinajstić information content (AvgIpc) is 2.90. The number of primary amides is 1. The number of nitrogens with one attached hydrogen (secondary N) is 1. The monoisotopic (exact) mass is 280 g/mol. The third-order valence-corrected chi connectivity index (χ3v) is 4.28. The van der Waals surface area contributed by atoms with Crippen LogP contribution in [0.4, 0.5) is 0 Å². The number of amides is 2.